The first-order valence-electron chi connectivity index (χ1n) is 5.68. The Morgan fingerprint density at radius 2 is 1.93 bits per heavy atom. The van der Waals surface area contributed by atoms with E-state index in [1.54, 1.807) is 0 Å². The SMILES string of the molecule is Cc1ccc(NC2(CN)CC(C)C2)cc1. The van der Waals surface area contributed by atoms with E-state index in [1.165, 1.54) is 24.1 Å². The van der Waals surface area contributed by atoms with E-state index < -0.39 is 0 Å². The van der Waals surface area contributed by atoms with Crippen molar-refractivity contribution >= 4 is 5.69 Å². The highest BCUT2D eigenvalue weighted by Gasteiger charge is 2.40. The third-order valence-corrected chi connectivity index (χ3v) is 3.33. The Labute approximate surface area is 91.9 Å². The number of nitrogens with one attached hydrogen (secondary N) is 1. The minimum Gasteiger partial charge on any atom is -0.378 e. The highest BCUT2D eigenvalue weighted by atomic mass is 15.0. The molecule has 0 bridgehead atoms. The Balaban J connectivity index is 2.04. The van der Waals surface area contributed by atoms with E-state index in [1.807, 2.05) is 0 Å². The van der Waals surface area contributed by atoms with E-state index in [-0.39, 0.29) is 5.54 Å². The molecule has 2 nitrogen and oxygen atoms in total. The van der Waals surface area contributed by atoms with Crippen molar-refractivity contribution in [2.45, 2.75) is 32.2 Å². The van der Waals surface area contributed by atoms with Gasteiger partial charge in [-0.25, -0.2) is 0 Å². The molecule has 1 aromatic carbocycles. The molecule has 1 fully saturated rings. The lowest BCUT2D eigenvalue weighted by molar-refractivity contribution is 0.194. The zero-order chi connectivity index (χ0) is 10.9. The average molecular weight is 204 g/mol. The van der Waals surface area contributed by atoms with Gasteiger partial charge in [0.2, 0.25) is 0 Å². The first-order chi connectivity index (χ1) is 7.13. The third-order valence-electron chi connectivity index (χ3n) is 3.33. The normalized spacial score (nSPS) is 29.7. The number of anilines is 1. The fourth-order valence-corrected chi connectivity index (χ4v) is 2.54. The second-order valence-corrected chi connectivity index (χ2v) is 4.99. The number of rotatable bonds is 3. The Bertz CT molecular complexity index is 323. The Morgan fingerprint density at radius 1 is 1.33 bits per heavy atom. The van der Waals surface area contributed by atoms with Crippen LogP contribution in [0.1, 0.15) is 25.3 Å². The molecular weight excluding hydrogens is 184 g/mol. The first kappa shape index (κ1) is 10.5. The Morgan fingerprint density at radius 3 is 2.40 bits per heavy atom. The topological polar surface area (TPSA) is 38.0 Å². The highest BCUT2D eigenvalue weighted by molar-refractivity contribution is 5.47. The molecule has 0 saturated heterocycles. The summed E-state index contributed by atoms with van der Waals surface area (Å²) in [5.41, 5.74) is 8.50. The molecule has 2 heteroatoms. The minimum atomic E-state index is 0.161. The molecule has 1 saturated carbocycles. The second kappa shape index (κ2) is 3.86. The molecule has 0 spiro atoms. The van der Waals surface area contributed by atoms with Crippen molar-refractivity contribution < 1.29 is 0 Å². The number of aryl methyl sites for hydroxylation is 1. The van der Waals surface area contributed by atoms with E-state index in [4.69, 9.17) is 5.73 Å². The lowest BCUT2D eigenvalue weighted by Gasteiger charge is -2.47. The van der Waals surface area contributed by atoms with Gasteiger partial charge >= 0.3 is 0 Å². The van der Waals surface area contributed by atoms with Gasteiger partial charge in [0.1, 0.15) is 0 Å². The van der Waals surface area contributed by atoms with Crippen molar-refractivity contribution in [1.82, 2.24) is 0 Å². The maximum Gasteiger partial charge on any atom is 0.0500 e. The molecule has 0 atom stereocenters. The van der Waals surface area contributed by atoms with E-state index in [9.17, 15) is 0 Å². The predicted octanol–water partition coefficient (Wildman–Crippen LogP) is 2.53. The maximum atomic E-state index is 5.85. The zero-order valence-corrected chi connectivity index (χ0v) is 9.59. The fraction of sp³-hybridized carbons (Fsp3) is 0.538. The van der Waals surface area contributed by atoms with Crippen LogP contribution >= 0.6 is 0 Å². The summed E-state index contributed by atoms with van der Waals surface area (Å²) in [5, 5.41) is 3.57. The lowest BCUT2D eigenvalue weighted by Crippen LogP contribution is -2.54. The van der Waals surface area contributed by atoms with E-state index in [0.29, 0.717) is 0 Å². The van der Waals surface area contributed by atoms with Gasteiger partial charge in [0.25, 0.3) is 0 Å². The maximum absolute atomic E-state index is 5.85. The molecule has 1 aliphatic carbocycles. The van der Waals surface area contributed by atoms with Crippen LogP contribution in [0.4, 0.5) is 5.69 Å². The van der Waals surface area contributed by atoms with Crippen molar-refractivity contribution in [2.24, 2.45) is 11.7 Å². The standard InChI is InChI=1S/C13H20N2/c1-10-3-5-12(6-4-10)15-13(9-14)7-11(2)8-13/h3-6,11,15H,7-9,14H2,1-2H3. The molecule has 2 rings (SSSR count). The smallest absolute Gasteiger partial charge is 0.0500 e. The summed E-state index contributed by atoms with van der Waals surface area (Å²) in [7, 11) is 0. The van der Waals surface area contributed by atoms with Gasteiger partial charge in [-0.05, 0) is 37.8 Å². The fourth-order valence-electron chi connectivity index (χ4n) is 2.54. The van der Waals surface area contributed by atoms with Crippen LogP contribution in [-0.2, 0) is 0 Å². The monoisotopic (exact) mass is 204 g/mol. The van der Waals surface area contributed by atoms with Gasteiger partial charge in [-0.1, -0.05) is 24.6 Å². The molecule has 0 unspecified atom stereocenters. The van der Waals surface area contributed by atoms with Crippen molar-refractivity contribution in [3.05, 3.63) is 29.8 Å². The van der Waals surface area contributed by atoms with Crippen LogP contribution in [0.15, 0.2) is 24.3 Å². The van der Waals surface area contributed by atoms with Crippen LogP contribution in [0.2, 0.25) is 0 Å². The summed E-state index contributed by atoms with van der Waals surface area (Å²) in [5.74, 6) is 0.812. The predicted molar refractivity (Wildman–Crippen MR) is 65.0 cm³/mol. The molecule has 3 N–H and O–H groups in total. The van der Waals surface area contributed by atoms with Gasteiger partial charge in [-0.15, -0.1) is 0 Å². The van der Waals surface area contributed by atoms with Gasteiger partial charge < -0.3 is 11.1 Å². The summed E-state index contributed by atoms with van der Waals surface area (Å²) in [4.78, 5) is 0. The summed E-state index contributed by atoms with van der Waals surface area (Å²) >= 11 is 0. The van der Waals surface area contributed by atoms with Gasteiger partial charge in [0.15, 0.2) is 0 Å². The van der Waals surface area contributed by atoms with Crippen molar-refractivity contribution in [1.29, 1.82) is 0 Å². The molecular formula is C13H20N2. The van der Waals surface area contributed by atoms with Gasteiger partial charge in [-0.3, -0.25) is 0 Å². The first-order valence-corrected chi connectivity index (χ1v) is 5.68. The highest BCUT2D eigenvalue weighted by Crippen LogP contribution is 2.39. The summed E-state index contributed by atoms with van der Waals surface area (Å²) in [6.45, 7) is 5.11. The van der Waals surface area contributed by atoms with Crippen molar-refractivity contribution in [3.8, 4) is 0 Å². The van der Waals surface area contributed by atoms with Crippen LogP contribution in [-0.4, -0.2) is 12.1 Å². The van der Waals surface area contributed by atoms with Gasteiger partial charge in [-0.2, -0.15) is 0 Å². The molecule has 1 aliphatic rings. The van der Waals surface area contributed by atoms with Crippen LogP contribution < -0.4 is 11.1 Å². The molecule has 82 valence electrons. The molecule has 0 aliphatic heterocycles. The summed E-state index contributed by atoms with van der Waals surface area (Å²) < 4.78 is 0. The van der Waals surface area contributed by atoms with Crippen LogP contribution in [0.5, 0.6) is 0 Å². The second-order valence-electron chi connectivity index (χ2n) is 4.99. The number of benzene rings is 1. The number of nitrogens with two attached hydrogens (primary N) is 1. The molecule has 1 aromatic rings. The van der Waals surface area contributed by atoms with Crippen molar-refractivity contribution in [3.63, 3.8) is 0 Å². The molecule has 15 heavy (non-hydrogen) atoms. The Hall–Kier alpha value is -1.02. The zero-order valence-electron chi connectivity index (χ0n) is 9.59. The third kappa shape index (κ3) is 2.15. The van der Waals surface area contributed by atoms with Crippen LogP contribution in [0.25, 0.3) is 0 Å². The number of hydrogen-bond donors (Lipinski definition) is 2. The largest absolute Gasteiger partial charge is 0.378 e. The van der Waals surface area contributed by atoms with Gasteiger partial charge in [0, 0.05) is 12.2 Å². The van der Waals surface area contributed by atoms with Gasteiger partial charge in [0.05, 0.1) is 5.54 Å². The molecule has 0 amide bonds. The van der Waals surface area contributed by atoms with Crippen molar-refractivity contribution in [2.75, 3.05) is 11.9 Å². The van der Waals surface area contributed by atoms with Crippen LogP contribution in [0, 0.1) is 12.8 Å². The van der Waals surface area contributed by atoms with E-state index in [2.05, 4.69) is 43.4 Å². The van der Waals surface area contributed by atoms with E-state index >= 15 is 0 Å². The number of hydrogen-bond acceptors (Lipinski definition) is 2. The van der Waals surface area contributed by atoms with Crippen LogP contribution in [0.3, 0.4) is 0 Å². The quantitative estimate of drug-likeness (QED) is 0.794. The Kier molecular flexibility index (Phi) is 2.70. The average Bonchev–Trinajstić information content (AvgIpc) is 2.18. The lowest BCUT2D eigenvalue weighted by atomic mass is 9.69. The molecule has 0 aromatic heterocycles. The minimum absolute atomic E-state index is 0.161. The molecule has 0 heterocycles. The molecule has 0 radical (unpaired) electrons. The summed E-state index contributed by atoms with van der Waals surface area (Å²) in [6.07, 6.45) is 2.38. The summed E-state index contributed by atoms with van der Waals surface area (Å²) in [6, 6.07) is 8.54. The van der Waals surface area contributed by atoms with E-state index in [0.717, 1.165) is 12.5 Å².